The molecule has 2 unspecified atom stereocenters. The van der Waals surface area contributed by atoms with Crippen LogP contribution in [0.3, 0.4) is 0 Å². The van der Waals surface area contributed by atoms with E-state index in [-0.39, 0.29) is 12.2 Å². The first-order valence-electron chi connectivity index (χ1n) is 16.0. The second-order valence-corrected chi connectivity index (χ2v) is 10.8. The van der Waals surface area contributed by atoms with E-state index in [4.69, 9.17) is 0 Å². The van der Waals surface area contributed by atoms with E-state index in [0.29, 0.717) is 0 Å². The zero-order valence-corrected chi connectivity index (χ0v) is 24.4. The van der Waals surface area contributed by atoms with Crippen LogP contribution < -0.4 is 0 Å². The molecule has 0 aliphatic carbocycles. The molecule has 2 heteroatoms. The number of aliphatic hydroxyl groups is 2. The van der Waals surface area contributed by atoms with Gasteiger partial charge in [-0.05, 0) is 25.7 Å². The Balaban J connectivity index is 0. The normalized spacial score (nSPS) is 12.9. The van der Waals surface area contributed by atoms with E-state index in [1.54, 1.807) is 0 Å². The monoisotopic (exact) mass is 485 g/mol. The zero-order valence-electron chi connectivity index (χ0n) is 24.4. The summed E-state index contributed by atoms with van der Waals surface area (Å²) >= 11 is 0. The fourth-order valence-electron chi connectivity index (χ4n) is 4.58. The minimum absolute atomic E-state index is 0.0255. The minimum atomic E-state index is -0.0255. The highest BCUT2D eigenvalue weighted by Crippen LogP contribution is 2.14. The highest BCUT2D eigenvalue weighted by Gasteiger charge is 2.04. The molecule has 208 valence electrons. The number of aliphatic hydroxyl groups excluding tert-OH is 2. The molecule has 0 fully saturated rings. The lowest BCUT2D eigenvalue weighted by Gasteiger charge is -2.09. The van der Waals surface area contributed by atoms with Gasteiger partial charge in [0.25, 0.3) is 0 Å². The third-order valence-corrected chi connectivity index (χ3v) is 7.06. The quantitative estimate of drug-likeness (QED) is 0.120. The summed E-state index contributed by atoms with van der Waals surface area (Å²) in [4.78, 5) is 0. The summed E-state index contributed by atoms with van der Waals surface area (Å²) in [6.07, 6.45) is 33.1. The summed E-state index contributed by atoms with van der Waals surface area (Å²) in [6.45, 7) is 8.98. The van der Waals surface area contributed by atoms with Gasteiger partial charge in [0, 0.05) is 0 Å². The number of hydrogen-bond acceptors (Lipinski definition) is 2. The Morgan fingerprint density at radius 3 is 0.706 bits per heavy atom. The summed E-state index contributed by atoms with van der Waals surface area (Å²) in [5.74, 6) is 0. The summed E-state index contributed by atoms with van der Waals surface area (Å²) in [7, 11) is 0. The molecule has 0 aromatic heterocycles. The van der Waals surface area contributed by atoms with Crippen molar-refractivity contribution in [2.45, 2.75) is 207 Å². The fraction of sp³-hybridized carbons (Fsp3) is 1.00. The summed E-state index contributed by atoms with van der Waals surface area (Å²) in [5.41, 5.74) is 0. The number of hydrogen-bond donors (Lipinski definition) is 2. The fourth-order valence-corrected chi connectivity index (χ4v) is 4.58. The van der Waals surface area contributed by atoms with E-state index < -0.39 is 0 Å². The van der Waals surface area contributed by atoms with Gasteiger partial charge in [-0.2, -0.15) is 0 Å². The van der Waals surface area contributed by atoms with Crippen LogP contribution in [0.4, 0.5) is 0 Å². The van der Waals surface area contributed by atoms with Crippen LogP contribution in [0.15, 0.2) is 0 Å². The van der Waals surface area contributed by atoms with Gasteiger partial charge in [-0.15, -0.1) is 0 Å². The maximum atomic E-state index is 9.79. The van der Waals surface area contributed by atoms with Crippen LogP contribution in [-0.4, -0.2) is 22.4 Å². The second-order valence-electron chi connectivity index (χ2n) is 10.8. The molecule has 2 atom stereocenters. The van der Waals surface area contributed by atoms with Gasteiger partial charge in [-0.25, -0.2) is 0 Å². The molecule has 0 heterocycles. The van der Waals surface area contributed by atoms with E-state index in [1.165, 1.54) is 141 Å². The van der Waals surface area contributed by atoms with Crippen LogP contribution in [0.1, 0.15) is 195 Å². The Bertz CT molecular complexity index is 299. The number of unbranched alkanes of at least 4 members (excludes halogenated alkanes) is 18. The first-order valence-corrected chi connectivity index (χ1v) is 16.0. The van der Waals surface area contributed by atoms with Crippen molar-refractivity contribution >= 4 is 0 Å². The summed E-state index contributed by atoms with van der Waals surface area (Å²) in [5, 5.41) is 19.6. The standard InChI is InChI=1S/2C16H34O/c2*1-3-5-7-9-10-11-13-15-16(17)14-12-8-6-4-2/h2*16-17H,3-15H2,1-2H3. The van der Waals surface area contributed by atoms with Crippen molar-refractivity contribution in [3.8, 4) is 0 Å². The van der Waals surface area contributed by atoms with Gasteiger partial charge in [-0.1, -0.05) is 169 Å². The summed E-state index contributed by atoms with van der Waals surface area (Å²) < 4.78 is 0. The minimum Gasteiger partial charge on any atom is -0.393 e. The van der Waals surface area contributed by atoms with Crippen LogP contribution in [0, 0.1) is 0 Å². The van der Waals surface area contributed by atoms with Crippen LogP contribution >= 0.6 is 0 Å². The average molecular weight is 485 g/mol. The third-order valence-electron chi connectivity index (χ3n) is 7.06. The summed E-state index contributed by atoms with van der Waals surface area (Å²) in [6, 6.07) is 0. The van der Waals surface area contributed by atoms with Crippen LogP contribution in [0.5, 0.6) is 0 Å². The molecular formula is C32H68O2. The lowest BCUT2D eigenvalue weighted by atomic mass is 10.0. The number of rotatable bonds is 26. The van der Waals surface area contributed by atoms with Crippen molar-refractivity contribution in [3.05, 3.63) is 0 Å². The maximum absolute atomic E-state index is 9.79. The van der Waals surface area contributed by atoms with Crippen molar-refractivity contribution in [1.82, 2.24) is 0 Å². The van der Waals surface area contributed by atoms with Crippen molar-refractivity contribution in [1.29, 1.82) is 0 Å². The molecule has 0 aromatic carbocycles. The maximum Gasteiger partial charge on any atom is 0.0540 e. The Morgan fingerprint density at radius 1 is 0.294 bits per heavy atom. The largest absolute Gasteiger partial charge is 0.393 e. The van der Waals surface area contributed by atoms with Gasteiger partial charge >= 0.3 is 0 Å². The zero-order chi connectivity index (χ0) is 25.5. The van der Waals surface area contributed by atoms with Crippen molar-refractivity contribution in [2.24, 2.45) is 0 Å². The second kappa shape index (κ2) is 32.9. The predicted molar refractivity (Wildman–Crippen MR) is 155 cm³/mol. The Kier molecular flexibility index (Phi) is 34.9. The topological polar surface area (TPSA) is 40.5 Å². The van der Waals surface area contributed by atoms with E-state index in [2.05, 4.69) is 27.7 Å². The molecule has 0 spiro atoms. The van der Waals surface area contributed by atoms with Crippen molar-refractivity contribution in [3.63, 3.8) is 0 Å². The van der Waals surface area contributed by atoms with E-state index >= 15 is 0 Å². The van der Waals surface area contributed by atoms with Crippen LogP contribution in [0.2, 0.25) is 0 Å². The van der Waals surface area contributed by atoms with E-state index in [0.717, 1.165) is 25.7 Å². The van der Waals surface area contributed by atoms with Gasteiger partial charge in [-0.3, -0.25) is 0 Å². The van der Waals surface area contributed by atoms with Gasteiger partial charge in [0.05, 0.1) is 12.2 Å². The molecule has 0 rings (SSSR count). The molecule has 0 saturated carbocycles. The highest BCUT2D eigenvalue weighted by atomic mass is 16.3. The molecule has 0 aliphatic heterocycles. The highest BCUT2D eigenvalue weighted by molar-refractivity contribution is 4.58. The van der Waals surface area contributed by atoms with E-state index in [1.807, 2.05) is 0 Å². The SMILES string of the molecule is CCCCCCCCCC(O)CCCCCC.CCCCCCCCCC(O)CCCCCC. The van der Waals surface area contributed by atoms with Crippen molar-refractivity contribution < 1.29 is 10.2 Å². The van der Waals surface area contributed by atoms with Crippen molar-refractivity contribution in [2.75, 3.05) is 0 Å². The van der Waals surface area contributed by atoms with Gasteiger partial charge in [0.2, 0.25) is 0 Å². The Hall–Kier alpha value is -0.0800. The lowest BCUT2D eigenvalue weighted by molar-refractivity contribution is 0.147. The smallest absolute Gasteiger partial charge is 0.0540 e. The molecule has 2 N–H and O–H groups in total. The van der Waals surface area contributed by atoms with Crippen LogP contribution in [0.25, 0.3) is 0 Å². The van der Waals surface area contributed by atoms with Crippen LogP contribution in [-0.2, 0) is 0 Å². The first-order chi connectivity index (χ1) is 16.6. The third kappa shape index (κ3) is 34.1. The Labute approximate surface area is 217 Å². The van der Waals surface area contributed by atoms with Gasteiger partial charge < -0.3 is 10.2 Å². The van der Waals surface area contributed by atoms with Gasteiger partial charge in [0.15, 0.2) is 0 Å². The molecule has 0 aromatic rings. The molecule has 0 saturated heterocycles. The average Bonchev–Trinajstić information content (AvgIpc) is 2.84. The Morgan fingerprint density at radius 2 is 0.471 bits per heavy atom. The predicted octanol–water partition coefficient (Wildman–Crippen LogP) is 10.9. The first kappa shape index (κ1) is 36.1. The lowest BCUT2D eigenvalue weighted by Crippen LogP contribution is -2.05. The molecule has 0 amide bonds. The van der Waals surface area contributed by atoms with E-state index in [9.17, 15) is 10.2 Å². The molecular weight excluding hydrogens is 416 g/mol. The molecule has 0 radical (unpaired) electrons. The molecule has 0 bridgehead atoms. The molecule has 34 heavy (non-hydrogen) atoms. The van der Waals surface area contributed by atoms with Gasteiger partial charge in [0.1, 0.15) is 0 Å². The molecule has 2 nitrogen and oxygen atoms in total. The molecule has 0 aliphatic rings.